The number of benzene rings is 1. The van der Waals surface area contributed by atoms with Gasteiger partial charge < -0.3 is 0 Å². The molecule has 0 saturated carbocycles. The highest BCUT2D eigenvalue weighted by Crippen LogP contribution is 2.19. The van der Waals surface area contributed by atoms with Gasteiger partial charge in [-0.25, -0.2) is 9.50 Å². The Balaban J connectivity index is 2.27. The number of aromatic amines is 1. The van der Waals surface area contributed by atoms with Crippen molar-refractivity contribution < 1.29 is 0 Å². The minimum Gasteiger partial charge on any atom is -0.294 e. The lowest BCUT2D eigenvalue weighted by Crippen LogP contribution is -2.14. The van der Waals surface area contributed by atoms with Crippen molar-refractivity contribution in [2.24, 2.45) is 0 Å². The molecule has 0 unspecified atom stereocenters. The van der Waals surface area contributed by atoms with Crippen LogP contribution in [0.4, 0.5) is 0 Å². The third-order valence-electron chi connectivity index (χ3n) is 3.10. The molecule has 4 nitrogen and oxygen atoms in total. The summed E-state index contributed by atoms with van der Waals surface area (Å²) in [7, 11) is 0. The van der Waals surface area contributed by atoms with E-state index in [0.717, 1.165) is 17.0 Å². The fraction of sp³-hybridized carbons (Fsp3) is 0.200. The quantitative estimate of drug-likeness (QED) is 0.724. The summed E-state index contributed by atoms with van der Waals surface area (Å²) in [6, 6.07) is 9.63. The van der Waals surface area contributed by atoms with Gasteiger partial charge in [-0.1, -0.05) is 17.2 Å². The van der Waals surface area contributed by atoms with Crippen LogP contribution in [0.5, 0.6) is 0 Å². The monoisotopic (exact) mass is 253 g/mol. The van der Waals surface area contributed by atoms with E-state index in [4.69, 9.17) is 0 Å². The summed E-state index contributed by atoms with van der Waals surface area (Å²) in [5, 5.41) is 2.97. The van der Waals surface area contributed by atoms with Gasteiger partial charge in [0.1, 0.15) is 0 Å². The Labute approximate surface area is 110 Å². The van der Waals surface area contributed by atoms with E-state index in [1.165, 1.54) is 15.6 Å². The molecule has 0 aliphatic rings. The van der Waals surface area contributed by atoms with Crippen LogP contribution in [-0.4, -0.2) is 14.6 Å². The zero-order chi connectivity index (χ0) is 13.6. The molecule has 4 heteroatoms. The van der Waals surface area contributed by atoms with Gasteiger partial charge in [0.05, 0.1) is 5.69 Å². The van der Waals surface area contributed by atoms with E-state index in [1.807, 2.05) is 39.0 Å². The molecule has 0 aliphatic carbocycles. The Bertz CT molecular complexity index is 807. The lowest BCUT2D eigenvalue weighted by molar-refractivity contribution is 0.882. The number of H-pyrrole nitrogens is 1. The number of nitrogens with zero attached hydrogens (tertiary/aromatic N) is 2. The number of nitrogens with one attached hydrogen (secondary N) is 1. The van der Waals surface area contributed by atoms with Crippen LogP contribution in [0, 0.1) is 20.8 Å². The van der Waals surface area contributed by atoms with Crippen molar-refractivity contribution in [3.63, 3.8) is 0 Å². The van der Waals surface area contributed by atoms with E-state index in [1.54, 1.807) is 6.07 Å². The summed E-state index contributed by atoms with van der Waals surface area (Å²) in [6.45, 7) is 6.00. The number of hydrogen-bond acceptors (Lipinski definition) is 2. The molecular weight excluding hydrogens is 238 g/mol. The average Bonchev–Trinajstić information content (AvgIpc) is 2.69. The molecule has 0 radical (unpaired) electrons. The van der Waals surface area contributed by atoms with Gasteiger partial charge in [-0.3, -0.25) is 9.89 Å². The Kier molecular flexibility index (Phi) is 2.52. The van der Waals surface area contributed by atoms with E-state index >= 15 is 0 Å². The summed E-state index contributed by atoms with van der Waals surface area (Å²) in [5.74, 6) is 0. The third-order valence-corrected chi connectivity index (χ3v) is 3.10. The van der Waals surface area contributed by atoms with Crippen LogP contribution in [0.1, 0.15) is 16.8 Å². The summed E-state index contributed by atoms with van der Waals surface area (Å²) in [4.78, 5) is 16.6. The average molecular weight is 253 g/mol. The largest absolute Gasteiger partial charge is 0.294 e. The number of aromatic nitrogens is 3. The summed E-state index contributed by atoms with van der Waals surface area (Å²) in [6.07, 6.45) is 0. The van der Waals surface area contributed by atoms with Gasteiger partial charge >= 0.3 is 0 Å². The van der Waals surface area contributed by atoms with Gasteiger partial charge in [-0.15, -0.1) is 0 Å². The van der Waals surface area contributed by atoms with Gasteiger partial charge in [0, 0.05) is 23.4 Å². The van der Waals surface area contributed by atoms with Crippen LogP contribution in [0.2, 0.25) is 0 Å². The fourth-order valence-electron chi connectivity index (χ4n) is 2.38. The topological polar surface area (TPSA) is 50.2 Å². The lowest BCUT2D eigenvalue weighted by atomic mass is 10.0. The molecule has 0 fully saturated rings. The third kappa shape index (κ3) is 2.05. The first-order valence-corrected chi connectivity index (χ1v) is 6.21. The highest BCUT2D eigenvalue weighted by atomic mass is 16.1. The van der Waals surface area contributed by atoms with E-state index in [9.17, 15) is 4.79 Å². The van der Waals surface area contributed by atoms with Gasteiger partial charge in [0.2, 0.25) is 0 Å². The smallest absolute Gasteiger partial charge is 0.273 e. The van der Waals surface area contributed by atoms with Crippen LogP contribution < -0.4 is 5.56 Å². The predicted molar refractivity (Wildman–Crippen MR) is 75.5 cm³/mol. The molecule has 2 heterocycles. The Hall–Kier alpha value is -2.36. The van der Waals surface area contributed by atoms with E-state index in [-0.39, 0.29) is 5.56 Å². The molecule has 0 amide bonds. The molecule has 0 saturated heterocycles. The van der Waals surface area contributed by atoms with Crippen molar-refractivity contribution in [3.05, 3.63) is 57.5 Å². The van der Waals surface area contributed by atoms with Crippen molar-refractivity contribution in [1.29, 1.82) is 0 Å². The number of fused-ring (bicyclic) bond motifs is 1. The maximum absolute atomic E-state index is 12.0. The first-order valence-electron chi connectivity index (χ1n) is 6.21. The highest BCUT2D eigenvalue weighted by molar-refractivity contribution is 5.63. The number of hydrogen-bond donors (Lipinski definition) is 1. The van der Waals surface area contributed by atoms with E-state index in [2.05, 4.69) is 16.1 Å². The summed E-state index contributed by atoms with van der Waals surface area (Å²) in [5.41, 5.74) is 5.52. The Morgan fingerprint density at radius 1 is 1.00 bits per heavy atom. The fourth-order valence-corrected chi connectivity index (χ4v) is 2.38. The second kappa shape index (κ2) is 4.09. The van der Waals surface area contributed by atoms with Crippen molar-refractivity contribution >= 4 is 5.65 Å². The minimum absolute atomic E-state index is 0.0905. The van der Waals surface area contributed by atoms with E-state index in [0.29, 0.717) is 5.65 Å². The SMILES string of the molecule is Cc1cc(C)cc(-c2cc(=O)n3[nH]c(C)cc3n2)c1. The summed E-state index contributed by atoms with van der Waals surface area (Å²) >= 11 is 0. The number of aryl methyl sites for hydroxylation is 3. The Morgan fingerprint density at radius 2 is 1.68 bits per heavy atom. The first-order chi connectivity index (χ1) is 9.02. The summed E-state index contributed by atoms with van der Waals surface area (Å²) < 4.78 is 1.46. The van der Waals surface area contributed by atoms with E-state index < -0.39 is 0 Å². The molecule has 2 aromatic heterocycles. The molecule has 0 spiro atoms. The number of rotatable bonds is 1. The maximum Gasteiger partial charge on any atom is 0.273 e. The van der Waals surface area contributed by atoms with Crippen LogP contribution in [0.3, 0.4) is 0 Å². The lowest BCUT2D eigenvalue weighted by Gasteiger charge is -2.04. The van der Waals surface area contributed by atoms with Gasteiger partial charge in [0.25, 0.3) is 5.56 Å². The Morgan fingerprint density at radius 3 is 2.37 bits per heavy atom. The zero-order valence-corrected chi connectivity index (χ0v) is 11.2. The zero-order valence-electron chi connectivity index (χ0n) is 11.2. The molecule has 0 bridgehead atoms. The van der Waals surface area contributed by atoms with Crippen molar-refractivity contribution in [3.8, 4) is 11.3 Å². The molecule has 96 valence electrons. The minimum atomic E-state index is -0.0905. The molecule has 3 aromatic rings. The van der Waals surface area contributed by atoms with Crippen LogP contribution in [-0.2, 0) is 0 Å². The maximum atomic E-state index is 12.0. The standard InChI is InChI=1S/C15H15N3O/c1-9-4-10(2)6-12(5-9)13-8-15(19)18-14(16-13)7-11(3)17-18/h4-8,17H,1-3H3. The van der Waals surface area contributed by atoms with Crippen LogP contribution in [0.25, 0.3) is 16.9 Å². The second-order valence-corrected chi connectivity index (χ2v) is 4.99. The van der Waals surface area contributed by atoms with Gasteiger partial charge in [0.15, 0.2) is 5.65 Å². The first kappa shape index (κ1) is 11.7. The molecule has 0 atom stereocenters. The van der Waals surface area contributed by atoms with Crippen LogP contribution >= 0.6 is 0 Å². The van der Waals surface area contributed by atoms with Crippen LogP contribution in [0.15, 0.2) is 35.1 Å². The van der Waals surface area contributed by atoms with Gasteiger partial charge in [-0.05, 0) is 32.9 Å². The molecule has 19 heavy (non-hydrogen) atoms. The molecule has 3 rings (SSSR count). The highest BCUT2D eigenvalue weighted by Gasteiger charge is 2.07. The molecule has 1 aromatic carbocycles. The predicted octanol–water partition coefficient (Wildman–Crippen LogP) is 2.61. The molecular formula is C15H15N3O. The second-order valence-electron chi connectivity index (χ2n) is 4.99. The van der Waals surface area contributed by atoms with Crippen molar-refractivity contribution in [2.45, 2.75) is 20.8 Å². The van der Waals surface area contributed by atoms with Crippen molar-refractivity contribution in [2.75, 3.05) is 0 Å². The molecule has 1 N–H and O–H groups in total. The van der Waals surface area contributed by atoms with Crippen molar-refractivity contribution in [1.82, 2.24) is 14.6 Å². The van der Waals surface area contributed by atoms with Gasteiger partial charge in [-0.2, -0.15) is 0 Å². The normalized spacial score (nSPS) is 11.1. The molecule has 0 aliphatic heterocycles.